The highest BCUT2D eigenvalue weighted by Gasteiger charge is 2.23. The third-order valence-corrected chi connectivity index (χ3v) is 2.75. The Bertz CT molecular complexity index is 468. The largest absolute Gasteiger partial charge is 0.462 e. The van der Waals surface area contributed by atoms with Crippen molar-refractivity contribution in [2.45, 2.75) is 13.8 Å². The van der Waals surface area contributed by atoms with Crippen molar-refractivity contribution >= 4 is 17.5 Å². The lowest BCUT2D eigenvalue weighted by molar-refractivity contribution is 0.0830. The quantitative estimate of drug-likeness (QED) is 0.555. The maximum atomic E-state index is 12.1. The molecule has 0 aromatic heterocycles. The molecule has 0 atom stereocenters. The molecule has 0 saturated heterocycles. The van der Waals surface area contributed by atoms with Crippen LogP contribution in [0.25, 0.3) is 0 Å². The molecule has 0 N–H and O–H groups in total. The summed E-state index contributed by atoms with van der Waals surface area (Å²) in [5.74, 6) is 0.452. The summed E-state index contributed by atoms with van der Waals surface area (Å²) in [6.07, 6.45) is 1.55. The molecule has 4 heteroatoms. The standard InChI is InChI=1S/C12H12ClNO2/c1-8-3-4-10-11(5-8)16-6-9(2)14(7-13)12(10)15/h3-6H,7H2,1-2H3. The number of benzene rings is 1. The predicted octanol–water partition coefficient (Wildman–Crippen LogP) is 2.89. The number of aryl methyl sites for hydroxylation is 1. The molecule has 3 nitrogen and oxygen atoms in total. The number of fused-ring (bicyclic) bond motifs is 1. The molecule has 1 amide bonds. The zero-order chi connectivity index (χ0) is 11.7. The van der Waals surface area contributed by atoms with Crippen LogP contribution in [0.4, 0.5) is 0 Å². The van der Waals surface area contributed by atoms with Crippen LogP contribution in [0.3, 0.4) is 0 Å². The summed E-state index contributed by atoms with van der Waals surface area (Å²) < 4.78 is 5.46. The Morgan fingerprint density at radius 1 is 1.38 bits per heavy atom. The van der Waals surface area contributed by atoms with Gasteiger partial charge in [0, 0.05) is 0 Å². The second kappa shape index (κ2) is 4.18. The molecule has 1 aliphatic heterocycles. The Morgan fingerprint density at radius 3 is 2.81 bits per heavy atom. The van der Waals surface area contributed by atoms with Crippen molar-refractivity contribution in [2.75, 3.05) is 6.00 Å². The van der Waals surface area contributed by atoms with Gasteiger partial charge in [0.1, 0.15) is 18.0 Å². The van der Waals surface area contributed by atoms with E-state index in [1.807, 2.05) is 19.1 Å². The summed E-state index contributed by atoms with van der Waals surface area (Å²) in [6.45, 7) is 3.74. The lowest BCUT2D eigenvalue weighted by atomic mass is 10.1. The SMILES string of the molecule is CC1=COc2cc(C)ccc2C(=O)N1CCl. The van der Waals surface area contributed by atoms with E-state index in [0.29, 0.717) is 17.0 Å². The van der Waals surface area contributed by atoms with Crippen molar-refractivity contribution in [3.8, 4) is 5.75 Å². The number of halogens is 1. The highest BCUT2D eigenvalue weighted by Crippen LogP contribution is 2.27. The van der Waals surface area contributed by atoms with Crippen LogP contribution in [0.15, 0.2) is 30.2 Å². The Kier molecular flexibility index (Phi) is 2.88. The first kappa shape index (κ1) is 11.0. The predicted molar refractivity (Wildman–Crippen MR) is 62.5 cm³/mol. The fourth-order valence-corrected chi connectivity index (χ4v) is 1.87. The van der Waals surface area contributed by atoms with E-state index in [0.717, 1.165) is 5.56 Å². The van der Waals surface area contributed by atoms with Gasteiger partial charge < -0.3 is 4.74 Å². The lowest BCUT2D eigenvalue weighted by Crippen LogP contribution is -2.27. The van der Waals surface area contributed by atoms with Gasteiger partial charge in [-0.1, -0.05) is 6.07 Å². The van der Waals surface area contributed by atoms with E-state index in [1.165, 1.54) is 4.90 Å². The van der Waals surface area contributed by atoms with Crippen LogP contribution in [-0.2, 0) is 0 Å². The first-order valence-corrected chi connectivity index (χ1v) is 5.49. The number of allylic oxidation sites excluding steroid dienone is 1. The zero-order valence-electron chi connectivity index (χ0n) is 9.16. The molecular formula is C12H12ClNO2. The van der Waals surface area contributed by atoms with Gasteiger partial charge in [-0.25, -0.2) is 0 Å². The minimum absolute atomic E-state index is 0.123. The number of ether oxygens (including phenoxy) is 1. The van der Waals surface area contributed by atoms with E-state index in [4.69, 9.17) is 16.3 Å². The zero-order valence-corrected chi connectivity index (χ0v) is 9.91. The molecule has 0 fully saturated rings. The van der Waals surface area contributed by atoms with Crippen LogP contribution in [0.1, 0.15) is 22.8 Å². The van der Waals surface area contributed by atoms with Crippen molar-refractivity contribution in [1.82, 2.24) is 4.90 Å². The number of hydrogen-bond donors (Lipinski definition) is 0. The molecule has 1 heterocycles. The van der Waals surface area contributed by atoms with Gasteiger partial charge in [0.25, 0.3) is 5.91 Å². The second-order valence-electron chi connectivity index (χ2n) is 3.73. The molecule has 1 aromatic carbocycles. The number of rotatable bonds is 1. The van der Waals surface area contributed by atoms with Gasteiger partial charge >= 0.3 is 0 Å². The van der Waals surface area contributed by atoms with E-state index >= 15 is 0 Å². The van der Waals surface area contributed by atoms with E-state index in [1.54, 1.807) is 19.3 Å². The fraction of sp³-hybridized carbons (Fsp3) is 0.250. The maximum Gasteiger partial charge on any atom is 0.262 e. The van der Waals surface area contributed by atoms with Gasteiger partial charge in [-0.15, -0.1) is 11.6 Å². The minimum Gasteiger partial charge on any atom is -0.462 e. The van der Waals surface area contributed by atoms with E-state index in [9.17, 15) is 4.79 Å². The number of amides is 1. The average molecular weight is 238 g/mol. The topological polar surface area (TPSA) is 29.5 Å². The highest BCUT2D eigenvalue weighted by molar-refractivity contribution is 6.19. The van der Waals surface area contributed by atoms with Crippen molar-refractivity contribution in [2.24, 2.45) is 0 Å². The smallest absolute Gasteiger partial charge is 0.262 e. The molecule has 0 spiro atoms. The molecule has 16 heavy (non-hydrogen) atoms. The highest BCUT2D eigenvalue weighted by atomic mass is 35.5. The maximum absolute atomic E-state index is 12.1. The molecule has 0 aliphatic carbocycles. The van der Waals surface area contributed by atoms with Crippen molar-refractivity contribution < 1.29 is 9.53 Å². The van der Waals surface area contributed by atoms with Gasteiger partial charge in [-0.05, 0) is 31.5 Å². The van der Waals surface area contributed by atoms with E-state index < -0.39 is 0 Å². The molecule has 0 saturated carbocycles. The van der Waals surface area contributed by atoms with Gasteiger partial charge in [-0.3, -0.25) is 9.69 Å². The average Bonchev–Trinajstić information content (AvgIpc) is 2.37. The summed E-state index contributed by atoms with van der Waals surface area (Å²) >= 11 is 5.75. The lowest BCUT2D eigenvalue weighted by Gasteiger charge is -2.17. The summed E-state index contributed by atoms with van der Waals surface area (Å²) in [6, 6.07) is 5.61. The number of hydrogen-bond acceptors (Lipinski definition) is 2. The van der Waals surface area contributed by atoms with Crippen molar-refractivity contribution in [3.05, 3.63) is 41.3 Å². The molecule has 0 unspecified atom stereocenters. The van der Waals surface area contributed by atoms with Gasteiger partial charge in [-0.2, -0.15) is 0 Å². The third kappa shape index (κ3) is 1.78. The molecule has 0 bridgehead atoms. The van der Waals surface area contributed by atoms with Gasteiger partial charge in [0.05, 0.1) is 11.3 Å². The van der Waals surface area contributed by atoms with E-state index in [2.05, 4.69) is 0 Å². The summed E-state index contributed by atoms with van der Waals surface area (Å²) in [5.41, 5.74) is 2.30. The number of nitrogens with zero attached hydrogens (tertiary/aromatic N) is 1. The molecule has 0 radical (unpaired) electrons. The van der Waals surface area contributed by atoms with Gasteiger partial charge in [0.15, 0.2) is 0 Å². The monoisotopic (exact) mass is 237 g/mol. The van der Waals surface area contributed by atoms with E-state index in [-0.39, 0.29) is 11.9 Å². The van der Waals surface area contributed by atoms with Crippen LogP contribution < -0.4 is 4.74 Å². The Balaban J connectivity index is 2.52. The molecular weight excluding hydrogens is 226 g/mol. The Morgan fingerprint density at radius 2 is 2.12 bits per heavy atom. The third-order valence-electron chi connectivity index (χ3n) is 2.51. The molecule has 84 valence electrons. The number of carbonyl (C=O) groups is 1. The molecule has 2 rings (SSSR count). The van der Waals surface area contributed by atoms with Crippen molar-refractivity contribution in [1.29, 1.82) is 0 Å². The first-order chi connectivity index (χ1) is 7.63. The van der Waals surface area contributed by atoms with Crippen LogP contribution in [-0.4, -0.2) is 16.8 Å². The molecule has 1 aromatic rings. The normalized spacial score (nSPS) is 15.1. The summed E-state index contributed by atoms with van der Waals surface area (Å²) in [7, 11) is 0. The Labute approximate surface area is 99.3 Å². The van der Waals surface area contributed by atoms with Crippen molar-refractivity contribution in [3.63, 3.8) is 0 Å². The van der Waals surface area contributed by atoms with Crippen LogP contribution in [0, 0.1) is 6.92 Å². The van der Waals surface area contributed by atoms with Crippen LogP contribution in [0.2, 0.25) is 0 Å². The number of alkyl halides is 1. The fourth-order valence-electron chi connectivity index (χ4n) is 1.57. The summed E-state index contributed by atoms with van der Waals surface area (Å²) in [5, 5.41) is 0. The van der Waals surface area contributed by atoms with Gasteiger partial charge in [0.2, 0.25) is 0 Å². The Hall–Kier alpha value is -1.48. The number of carbonyl (C=O) groups excluding carboxylic acids is 1. The van der Waals surface area contributed by atoms with Crippen LogP contribution >= 0.6 is 11.6 Å². The first-order valence-electron chi connectivity index (χ1n) is 4.95. The molecule has 1 aliphatic rings. The minimum atomic E-state index is -0.128. The second-order valence-corrected chi connectivity index (χ2v) is 3.97. The van der Waals surface area contributed by atoms with Crippen LogP contribution in [0.5, 0.6) is 5.75 Å². The summed E-state index contributed by atoms with van der Waals surface area (Å²) in [4.78, 5) is 13.6.